The highest BCUT2D eigenvalue weighted by atomic mass is 16.6. The first kappa shape index (κ1) is 11.3. The van der Waals surface area contributed by atoms with E-state index in [-0.39, 0.29) is 6.41 Å². The van der Waals surface area contributed by atoms with Gasteiger partial charge in [0.25, 0.3) is 0 Å². The zero-order chi connectivity index (χ0) is 10.7. The van der Waals surface area contributed by atoms with Gasteiger partial charge in [-0.05, 0) is 0 Å². The van der Waals surface area contributed by atoms with Crippen molar-refractivity contribution in [3.8, 4) is 0 Å². The summed E-state index contributed by atoms with van der Waals surface area (Å²) in [6, 6.07) is -1.09. The zero-order valence-corrected chi connectivity index (χ0v) is 7.28. The molecule has 1 aliphatic rings. The fourth-order valence-corrected chi connectivity index (χ4v) is 1.36. The standard InChI is InChI=1S/C7H13NO6/c9-1-3-5(11)6(12)4(8-2-10)7(13)14-3/h2-7,9,11-13H,1H2,(H,8,10)/t3-,4+,5-,6+,7-/m1/s1. The van der Waals surface area contributed by atoms with Gasteiger partial charge in [-0.25, -0.2) is 0 Å². The number of hydrogen-bond donors (Lipinski definition) is 5. The van der Waals surface area contributed by atoms with E-state index >= 15 is 0 Å². The minimum atomic E-state index is -1.45. The minimum Gasteiger partial charge on any atom is -0.394 e. The summed E-state index contributed by atoms with van der Waals surface area (Å²) >= 11 is 0. The molecule has 1 heterocycles. The smallest absolute Gasteiger partial charge is 0.207 e. The van der Waals surface area contributed by atoms with E-state index < -0.39 is 37.3 Å². The van der Waals surface area contributed by atoms with Crippen molar-refractivity contribution in [1.29, 1.82) is 0 Å². The van der Waals surface area contributed by atoms with Crippen LogP contribution in [0.15, 0.2) is 0 Å². The van der Waals surface area contributed by atoms with Crippen molar-refractivity contribution in [2.75, 3.05) is 6.61 Å². The Morgan fingerprint density at radius 2 is 1.93 bits per heavy atom. The van der Waals surface area contributed by atoms with Crippen molar-refractivity contribution >= 4 is 6.41 Å². The van der Waals surface area contributed by atoms with Crippen molar-refractivity contribution in [1.82, 2.24) is 5.32 Å². The van der Waals surface area contributed by atoms with Gasteiger partial charge in [0.2, 0.25) is 6.41 Å². The zero-order valence-electron chi connectivity index (χ0n) is 7.28. The van der Waals surface area contributed by atoms with Gasteiger partial charge in [0.05, 0.1) is 6.61 Å². The number of hydrogen-bond acceptors (Lipinski definition) is 6. The lowest BCUT2D eigenvalue weighted by molar-refractivity contribution is -0.253. The number of carbonyl (C=O) groups excluding carboxylic acids is 1. The average molecular weight is 207 g/mol. The molecule has 7 heteroatoms. The van der Waals surface area contributed by atoms with Crippen LogP contribution < -0.4 is 5.32 Å². The summed E-state index contributed by atoms with van der Waals surface area (Å²) in [6.07, 6.45) is -4.94. The summed E-state index contributed by atoms with van der Waals surface area (Å²) in [6.45, 7) is -0.525. The second-order valence-electron chi connectivity index (χ2n) is 3.04. The Bertz CT molecular complexity index is 201. The topological polar surface area (TPSA) is 119 Å². The van der Waals surface area contributed by atoms with Gasteiger partial charge in [-0.15, -0.1) is 0 Å². The van der Waals surface area contributed by atoms with Crippen LogP contribution >= 0.6 is 0 Å². The molecular weight excluding hydrogens is 194 g/mol. The molecule has 1 saturated heterocycles. The molecule has 1 fully saturated rings. The summed E-state index contributed by atoms with van der Waals surface area (Å²) in [7, 11) is 0. The number of aliphatic hydroxyl groups is 4. The lowest BCUT2D eigenvalue weighted by atomic mass is 9.97. The predicted octanol–water partition coefficient (Wildman–Crippen LogP) is -3.47. The number of ether oxygens (including phenoxy) is 1. The van der Waals surface area contributed by atoms with Crippen LogP contribution in [0, 0.1) is 0 Å². The van der Waals surface area contributed by atoms with Gasteiger partial charge in [0.15, 0.2) is 6.29 Å². The summed E-state index contributed by atoms with van der Waals surface area (Å²) < 4.78 is 4.76. The minimum absolute atomic E-state index is 0.284. The molecule has 1 aliphatic heterocycles. The van der Waals surface area contributed by atoms with Crippen molar-refractivity contribution in [3.63, 3.8) is 0 Å². The Balaban J connectivity index is 2.68. The van der Waals surface area contributed by atoms with Crippen molar-refractivity contribution in [2.45, 2.75) is 30.6 Å². The van der Waals surface area contributed by atoms with E-state index in [1.54, 1.807) is 0 Å². The van der Waals surface area contributed by atoms with E-state index in [1.807, 2.05) is 0 Å². The first-order valence-electron chi connectivity index (χ1n) is 4.12. The number of aliphatic hydroxyl groups excluding tert-OH is 4. The van der Waals surface area contributed by atoms with Crippen LogP contribution in [0.1, 0.15) is 0 Å². The molecular formula is C7H13NO6. The van der Waals surface area contributed by atoms with Crippen molar-refractivity contribution in [2.24, 2.45) is 0 Å². The molecule has 0 bridgehead atoms. The lowest BCUT2D eigenvalue weighted by Gasteiger charge is -2.39. The second kappa shape index (κ2) is 4.67. The van der Waals surface area contributed by atoms with E-state index in [0.717, 1.165) is 0 Å². The van der Waals surface area contributed by atoms with Gasteiger partial charge in [0, 0.05) is 0 Å². The number of amides is 1. The maximum Gasteiger partial charge on any atom is 0.207 e. The Morgan fingerprint density at radius 3 is 2.43 bits per heavy atom. The SMILES string of the molecule is O=CN[C@H]1[C@H](O)[C@H](O)[C@@H](CO)O[C@H]1O. The Hall–Kier alpha value is -0.730. The summed E-state index contributed by atoms with van der Waals surface area (Å²) in [5, 5.41) is 38.9. The van der Waals surface area contributed by atoms with Gasteiger partial charge in [-0.1, -0.05) is 0 Å². The quantitative estimate of drug-likeness (QED) is 0.307. The normalized spacial score (nSPS) is 43.3. The highest BCUT2D eigenvalue weighted by Gasteiger charge is 2.43. The fraction of sp³-hybridized carbons (Fsp3) is 0.857. The number of carbonyl (C=O) groups is 1. The predicted molar refractivity (Wildman–Crippen MR) is 43.0 cm³/mol. The molecule has 0 aromatic rings. The molecule has 0 aliphatic carbocycles. The molecule has 0 spiro atoms. The molecule has 0 radical (unpaired) electrons. The molecule has 0 aromatic carbocycles. The Labute approximate surface area is 79.9 Å². The molecule has 5 N–H and O–H groups in total. The van der Waals surface area contributed by atoms with Gasteiger partial charge >= 0.3 is 0 Å². The molecule has 0 saturated carbocycles. The monoisotopic (exact) mass is 207 g/mol. The maximum atomic E-state index is 10.1. The van der Waals surface area contributed by atoms with Crippen LogP contribution in [0.2, 0.25) is 0 Å². The molecule has 82 valence electrons. The Morgan fingerprint density at radius 1 is 1.29 bits per heavy atom. The maximum absolute atomic E-state index is 10.1. The molecule has 1 rings (SSSR count). The van der Waals surface area contributed by atoms with E-state index in [9.17, 15) is 20.1 Å². The third-order valence-electron chi connectivity index (χ3n) is 2.16. The van der Waals surface area contributed by atoms with E-state index in [4.69, 9.17) is 9.84 Å². The van der Waals surface area contributed by atoms with Crippen LogP contribution in [0.5, 0.6) is 0 Å². The average Bonchev–Trinajstić information content (AvgIpc) is 2.18. The first-order valence-corrected chi connectivity index (χ1v) is 4.12. The van der Waals surface area contributed by atoms with E-state index in [0.29, 0.717) is 0 Å². The highest BCUT2D eigenvalue weighted by molar-refractivity contribution is 5.47. The molecule has 5 atom stereocenters. The van der Waals surface area contributed by atoms with Crippen LogP contribution in [-0.2, 0) is 9.53 Å². The summed E-state index contributed by atoms with van der Waals surface area (Å²) in [5.74, 6) is 0. The summed E-state index contributed by atoms with van der Waals surface area (Å²) in [5.41, 5.74) is 0. The second-order valence-corrected chi connectivity index (χ2v) is 3.04. The van der Waals surface area contributed by atoms with Gasteiger partial charge in [-0.3, -0.25) is 4.79 Å². The molecule has 0 aromatic heterocycles. The van der Waals surface area contributed by atoms with Gasteiger partial charge < -0.3 is 30.5 Å². The van der Waals surface area contributed by atoms with Gasteiger partial charge in [0.1, 0.15) is 24.4 Å². The van der Waals surface area contributed by atoms with Crippen LogP contribution in [0.4, 0.5) is 0 Å². The van der Waals surface area contributed by atoms with E-state index in [2.05, 4.69) is 5.32 Å². The third kappa shape index (κ3) is 2.02. The number of nitrogens with one attached hydrogen (secondary N) is 1. The van der Waals surface area contributed by atoms with Crippen LogP contribution in [-0.4, -0.2) is 64.1 Å². The van der Waals surface area contributed by atoms with Crippen molar-refractivity contribution in [3.05, 3.63) is 0 Å². The summed E-state index contributed by atoms with van der Waals surface area (Å²) in [4.78, 5) is 10.1. The first-order chi connectivity index (χ1) is 6.61. The molecule has 7 nitrogen and oxygen atoms in total. The Kier molecular flexibility index (Phi) is 3.78. The largest absolute Gasteiger partial charge is 0.394 e. The highest BCUT2D eigenvalue weighted by Crippen LogP contribution is 2.19. The van der Waals surface area contributed by atoms with Crippen molar-refractivity contribution < 1.29 is 30.0 Å². The number of rotatable bonds is 3. The lowest BCUT2D eigenvalue weighted by Crippen LogP contribution is -2.63. The molecule has 14 heavy (non-hydrogen) atoms. The molecule has 0 unspecified atom stereocenters. The fourth-order valence-electron chi connectivity index (χ4n) is 1.36. The third-order valence-corrected chi connectivity index (χ3v) is 2.16. The van der Waals surface area contributed by atoms with Crippen LogP contribution in [0.3, 0.4) is 0 Å². The van der Waals surface area contributed by atoms with Crippen LogP contribution in [0.25, 0.3) is 0 Å². The molecule has 1 amide bonds. The van der Waals surface area contributed by atoms with Gasteiger partial charge in [-0.2, -0.15) is 0 Å². The van der Waals surface area contributed by atoms with E-state index in [1.165, 1.54) is 0 Å².